The van der Waals surface area contributed by atoms with Gasteiger partial charge in [0, 0.05) is 17.7 Å². The molecule has 1 aromatic rings. The monoisotopic (exact) mass is 266 g/mol. The summed E-state index contributed by atoms with van der Waals surface area (Å²) in [6.07, 6.45) is 5.31. The second-order valence-corrected chi connectivity index (χ2v) is 6.03. The minimum atomic E-state index is -0.277. The Morgan fingerprint density at radius 2 is 2.00 bits per heavy atom. The average Bonchev–Trinajstić information content (AvgIpc) is 2.78. The SMILES string of the molecule is CC(=O)c1csc(NC(=O)C2(C)CCCCC2)n1. The molecule has 0 radical (unpaired) electrons. The van der Waals surface area contributed by atoms with Gasteiger partial charge in [-0.2, -0.15) is 0 Å². The summed E-state index contributed by atoms with van der Waals surface area (Å²) >= 11 is 1.31. The van der Waals surface area contributed by atoms with Crippen LogP contribution in [0, 0.1) is 5.41 Å². The number of nitrogens with zero attached hydrogens (tertiary/aromatic N) is 1. The second-order valence-electron chi connectivity index (χ2n) is 5.17. The fourth-order valence-corrected chi connectivity index (χ4v) is 3.04. The van der Waals surface area contributed by atoms with E-state index in [2.05, 4.69) is 10.3 Å². The van der Waals surface area contributed by atoms with Gasteiger partial charge in [0.05, 0.1) is 0 Å². The highest BCUT2D eigenvalue weighted by Gasteiger charge is 2.34. The second kappa shape index (κ2) is 5.18. The van der Waals surface area contributed by atoms with Crippen molar-refractivity contribution in [3.63, 3.8) is 0 Å². The standard InChI is InChI=1S/C13H18N2O2S/c1-9(16)10-8-18-12(14-10)15-11(17)13(2)6-4-3-5-7-13/h8H,3-7H2,1-2H3,(H,14,15,17). The van der Waals surface area contributed by atoms with Crippen molar-refractivity contribution in [3.05, 3.63) is 11.1 Å². The van der Waals surface area contributed by atoms with E-state index in [-0.39, 0.29) is 17.1 Å². The fourth-order valence-electron chi connectivity index (χ4n) is 2.30. The molecule has 2 rings (SSSR count). The third-order valence-electron chi connectivity index (χ3n) is 3.59. The third-order valence-corrected chi connectivity index (χ3v) is 4.35. The molecular formula is C13H18N2O2S. The van der Waals surface area contributed by atoms with E-state index in [0.29, 0.717) is 10.8 Å². The molecule has 1 fully saturated rings. The Balaban J connectivity index is 2.03. The van der Waals surface area contributed by atoms with E-state index in [1.807, 2.05) is 6.92 Å². The Labute approximate surface area is 111 Å². The van der Waals surface area contributed by atoms with E-state index in [1.165, 1.54) is 24.7 Å². The summed E-state index contributed by atoms with van der Waals surface area (Å²) in [4.78, 5) is 27.5. The number of hydrogen-bond acceptors (Lipinski definition) is 4. The lowest BCUT2D eigenvalue weighted by molar-refractivity contribution is -0.126. The van der Waals surface area contributed by atoms with E-state index in [0.717, 1.165) is 25.7 Å². The molecule has 18 heavy (non-hydrogen) atoms. The summed E-state index contributed by atoms with van der Waals surface area (Å²) in [5, 5.41) is 5.05. The molecule has 0 bridgehead atoms. The van der Waals surface area contributed by atoms with Crippen molar-refractivity contribution in [1.29, 1.82) is 0 Å². The molecule has 4 nitrogen and oxygen atoms in total. The summed E-state index contributed by atoms with van der Waals surface area (Å²) in [7, 11) is 0. The minimum Gasteiger partial charge on any atom is -0.301 e. The number of carbonyl (C=O) groups is 2. The Hall–Kier alpha value is -1.23. The number of carbonyl (C=O) groups excluding carboxylic acids is 2. The van der Waals surface area contributed by atoms with Crippen molar-refractivity contribution in [2.45, 2.75) is 46.0 Å². The molecule has 1 aliphatic carbocycles. The van der Waals surface area contributed by atoms with Crippen LogP contribution in [0.1, 0.15) is 56.4 Å². The van der Waals surface area contributed by atoms with Gasteiger partial charge < -0.3 is 5.32 Å². The highest BCUT2D eigenvalue weighted by molar-refractivity contribution is 7.14. The molecule has 1 aliphatic rings. The molecule has 1 heterocycles. The van der Waals surface area contributed by atoms with Crippen LogP contribution in [-0.2, 0) is 4.79 Å². The summed E-state index contributed by atoms with van der Waals surface area (Å²) < 4.78 is 0. The zero-order valence-electron chi connectivity index (χ0n) is 10.8. The lowest BCUT2D eigenvalue weighted by Gasteiger charge is -2.31. The number of ketones is 1. The number of rotatable bonds is 3. The van der Waals surface area contributed by atoms with Gasteiger partial charge in [-0.25, -0.2) is 4.98 Å². The van der Waals surface area contributed by atoms with Crippen molar-refractivity contribution < 1.29 is 9.59 Å². The number of anilines is 1. The molecule has 98 valence electrons. The van der Waals surface area contributed by atoms with Crippen LogP contribution in [0.2, 0.25) is 0 Å². The molecule has 0 atom stereocenters. The number of hydrogen-bond donors (Lipinski definition) is 1. The van der Waals surface area contributed by atoms with Gasteiger partial charge >= 0.3 is 0 Å². The van der Waals surface area contributed by atoms with Gasteiger partial charge in [-0.05, 0) is 12.8 Å². The molecule has 0 aromatic carbocycles. The molecule has 1 amide bonds. The van der Waals surface area contributed by atoms with Crippen LogP contribution in [0.4, 0.5) is 5.13 Å². The largest absolute Gasteiger partial charge is 0.301 e. The summed E-state index contributed by atoms with van der Waals surface area (Å²) in [5.74, 6) is -0.0396. The van der Waals surface area contributed by atoms with Crippen molar-refractivity contribution in [3.8, 4) is 0 Å². The van der Waals surface area contributed by atoms with Gasteiger partial charge in [0.1, 0.15) is 5.69 Å². The number of Topliss-reactive ketones (excluding diaryl/α,β-unsaturated/α-hetero) is 1. The first-order chi connectivity index (χ1) is 8.51. The van der Waals surface area contributed by atoms with Gasteiger partial charge in [0.2, 0.25) is 5.91 Å². The number of amides is 1. The maximum Gasteiger partial charge on any atom is 0.232 e. The molecule has 1 saturated carbocycles. The third kappa shape index (κ3) is 2.77. The first-order valence-electron chi connectivity index (χ1n) is 6.29. The molecule has 1 N–H and O–H groups in total. The summed E-state index contributed by atoms with van der Waals surface area (Å²) in [6.45, 7) is 3.49. The number of aromatic nitrogens is 1. The van der Waals surface area contributed by atoms with E-state index in [4.69, 9.17) is 0 Å². The molecule has 0 saturated heterocycles. The van der Waals surface area contributed by atoms with Crippen LogP contribution in [0.25, 0.3) is 0 Å². The zero-order valence-corrected chi connectivity index (χ0v) is 11.6. The summed E-state index contributed by atoms with van der Waals surface area (Å²) in [5.41, 5.74) is 0.143. The predicted molar refractivity (Wildman–Crippen MR) is 71.9 cm³/mol. The molecule has 0 spiro atoms. The van der Waals surface area contributed by atoms with Gasteiger partial charge in [-0.1, -0.05) is 26.2 Å². The minimum absolute atomic E-state index is 0.0339. The van der Waals surface area contributed by atoms with Crippen LogP contribution in [0.3, 0.4) is 0 Å². The van der Waals surface area contributed by atoms with Crippen molar-refractivity contribution >= 4 is 28.2 Å². The van der Waals surface area contributed by atoms with Gasteiger partial charge in [-0.3, -0.25) is 9.59 Å². The maximum atomic E-state index is 12.2. The Kier molecular flexibility index (Phi) is 3.80. The highest BCUT2D eigenvalue weighted by atomic mass is 32.1. The van der Waals surface area contributed by atoms with E-state index >= 15 is 0 Å². The van der Waals surface area contributed by atoms with Crippen LogP contribution in [-0.4, -0.2) is 16.7 Å². The zero-order chi connectivity index (χ0) is 13.2. The van der Waals surface area contributed by atoms with E-state index in [9.17, 15) is 9.59 Å². The summed E-state index contributed by atoms with van der Waals surface area (Å²) in [6, 6.07) is 0. The molecular weight excluding hydrogens is 248 g/mol. The lowest BCUT2D eigenvalue weighted by atomic mass is 9.75. The normalized spacial score (nSPS) is 18.3. The Bertz CT molecular complexity index is 461. The van der Waals surface area contributed by atoms with E-state index < -0.39 is 0 Å². The fraction of sp³-hybridized carbons (Fsp3) is 0.615. The Morgan fingerprint density at radius 1 is 1.33 bits per heavy atom. The van der Waals surface area contributed by atoms with Crippen LogP contribution < -0.4 is 5.32 Å². The van der Waals surface area contributed by atoms with Crippen molar-refractivity contribution in [2.75, 3.05) is 5.32 Å². The van der Waals surface area contributed by atoms with Gasteiger partial charge in [0.25, 0.3) is 0 Å². The highest BCUT2D eigenvalue weighted by Crippen LogP contribution is 2.36. The number of thiazole rings is 1. The average molecular weight is 266 g/mol. The lowest BCUT2D eigenvalue weighted by Crippen LogP contribution is -2.35. The Morgan fingerprint density at radius 3 is 2.56 bits per heavy atom. The van der Waals surface area contributed by atoms with E-state index in [1.54, 1.807) is 5.38 Å². The first kappa shape index (κ1) is 13.2. The van der Waals surface area contributed by atoms with Gasteiger partial charge in [0.15, 0.2) is 10.9 Å². The predicted octanol–water partition coefficient (Wildman–Crippen LogP) is 3.25. The number of nitrogens with one attached hydrogen (secondary N) is 1. The van der Waals surface area contributed by atoms with Crippen LogP contribution in [0.15, 0.2) is 5.38 Å². The molecule has 5 heteroatoms. The van der Waals surface area contributed by atoms with Crippen molar-refractivity contribution in [2.24, 2.45) is 5.41 Å². The molecule has 0 unspecified atom stereocenters. The van der Waals surface area contributed by atoms with Crippen LogP contribution in [0.5, 0.6) is 0 Å². The first-order valence-corrected chi connectivity index (χ1v) is 7.17. The van der Waals surface area contributed by atoms with Crippen LogP contribution >= 0.6 is 11.3 Å². The quantitative estimate of drug-likeness (QED) is 0.854. The molecule has 1 aromatic heterocycles. The molecule has 0 aliphatic heterocycles. The van der Waals surface area contributed by atoms with Gasteiger partial charge in [-0.15, -0.1) is 11.3 Å². The smallest absolute Gasteiger partial charge is 0.232 e. The van der Waals surface area contributed by atoms with Crippen molar-refractivity contribution in [1.82, 2.24) is 4.98 Å². The maximum absolute atomic E-state index is 12.2. The topological polar surface area (TPSA) is 59.1 Å².